The van der Waals surface area contributed by atoms with Gasteiger partial charge < -0.3 is 10.1 Å². The van der Waals surface area contributed by atoms with E-state index in [9.17, 15) is 9.59 Å². The van der Waals surface area contributed by atoms with E-state index >= 15 is 0 Å². The summed E-state index contributed by atoms with van der Waals surface area (Å²) in [5, 5.41) is 15.9. The lowest BCUT2D eigenvalue weighted by atomic mass is 10.1. The molecular formula is C24H24N4O3. The lowest BCUT2D eigenvalue weighted by Gasteiger charge is -2.08. The van der Waals surface area contributed by atoms with Crippen LogP contribution >= 0.6 is 0 Å². The first kappa shape index (κ1) is 21.8. The van der Waals surface area contributed by atoms with Crippen LogP contribution in [0.25, 0.3) is 5.69 Å². The summed E-state index contributed by atoms with van der Waals surface area (Å²) in [5.74, 6) is -0.851. The van der Waals surface area contributed by atoms with Crippen LogP contribution in [0.15, 0.2) is 54.6 Å². The zero-order chi connectivity index (χ0) is 22.2. The first-order valence-electron chi connectivity index (χ1n) is 10.00. The second kappa shape index (κ2) is 10.2. The van der Waals surface area contributed by atoms with Crippen LogP contribution in [0.5, 0.6) is 0 Å². The Morgan fingerprint density at radius 1 is 1.10 bits per heavy atom. The molecule has 0 spiro atoms. The van der Waals surface area contributed by atoms with Gasteiger partial charge in [-0.05, 0) is 55.7 Å². The molecule has 0 bridgehead atoms. The van der Waals surface area contributed by atoms with E-state index in [1.54, 1.807) is 24.3 Å². The number of hydrogen-bond acceptors (Lipinski definition) is 5. The molecule has 0 unspecified atom stereocenters. The fourth-order valence-electron chi connectivity index (χ4n) is 3.30. The third-order valence-corrected chi connectivity index (χ3v) is 4.91. The summed E-state index contributed by atoms with van der Waals surface area (Å²) in [7, 11) is 0. The van der Waals surface area contributed by atoms with Gasteiger partial charge in [0.1, 0.15) is 0 Å². The van der Waals surface area contributed by atoms with E-state index in [0.29, 0.717) is 18.5 Å². The van der Waals surface area contributed by atoms with E-state index in [2.05, 4.69) is 16.5 Å². The van der Waals surface area contributed by atoms with E-state index in [0.717, 1.165) is 28.2 Å². The number of rotatable bonds is 8. The molecule has 1 heterocycles. The molecular weight excluding hydrogens is 392 g/mol. The smallest absolute Gasteiger partial charge is 0.306 e. The number of amides is 1. The van der Waals surface area contributed by atoms with Crippen LogP contribution in [0.2, 0.25) is 0 Å². The number of anilines is 1. The minimum atomic E-state index is -0.439. The lowest BCUT2D eigenvalue weighted by molar-refractivity contribution is -0.147. The number of benzene rings is 2. The summed E-state index contributed by atoms with van der Waals surface area (Å²) in [5.41, 5.74) is 5.27. The average molecular weight is 416 g/mol. The van der Waals surface area contributed by atoms with Gasteiger partial charge >= 0.3 is 5.97 Å². The van der Waals surface area contributed by atoms with E-state index in [4.69, 9.17) is 10.00 Å². The van der Waals surface area contributed by atoms with Crippen molar-refractivity contribution in [3.63, 3.8) is 0 Å². The number of carbonyl (C=O) groups excluding carboxylic acids is 2. The maximum atomic E-state index is 12.1. The van der Waals surface area contributed by atoms with Gasteiger partial charge in [-0.3, -0.25) is 9.59 Å². The number of para-hydroxylation sites is 1. The number of esters is 1. The van der Waals surface area contributed by atoms with Gasteiger partial charge in [0.15, 0.2) is 6.61 Å². The van der Waals surface area contributed by atoms with Crippen LogP contribution in [0.3, 0.4) is 0 Å². The zero-order valence-electron chi connectivity index (χ0n) is 17.6. The molecule has 7 heteroatoms. The molecule has 7 nitrogen and oxygen atoms in total. The van der Waals surface area contributed by atoms with Crippen molar-refractivity contribution in [3.8, 4) is 11.8 Å². The van der Waals surface area contributed by atoms with Crippen molar-refractivity contribution >= 4 is 17.6 Å². The number of nitrogens with one attached hydrogen (secondary N) is 1. The fourth-order valence-corrected chi connectivity index (χ4v) is 3.30. The minimum Gasteiger partial charge on any atom is -0.456 e. The van der Waals surface area contributed by atoms with Crippen molar-refractivity contribution in [1.82, 2.24) is 9.78 Å². The first-order chi connectivity index (χ1) is 15.0. The Kier molecular flexibility index (Phi) is 7.17. The molecule has 0 radical (unpaired) electrons. The van der Waals surface area contributed by atoms with Gasteiger partial charge in [0.2, 0.25) is 0 Å². The molecule has 0 fully saturated rings. The van der Waals surface area contributed by atoms with Crippen molar-refractivity contribution in [2.45, 2.75) is 33.1 Å². The SMILES string of the molecule is Cc1nn(-c2ccccc2)c(C)c1CCC(=O)OCC(=O)Nc1ccc(CC#N)cc1. The zero-order valence-corrected chi connectivity index (χ0v) is 17.6. The summed E-state index contributed by atoms with van der Waals surface area (Å²) in [4.78, 5) is 24.1. The van der Waals surface area contributed by atoms with Crippen LogP contribution in [0.4, 0.5) is 5.69 Å². The Bertz CT molecular complexity index is 1100. The number of carbonyl (C=O) groups is 2. The Morgan fingerprint density at radius 2 is 1.81 bits per heavy atom. The molecule has 1 aromatic heterocycles. The lowest BCUT2D eigenvalue weighted by Crippen LogP contribution is -2.21. The van der Waals surface area contributed by atoms with E-state index in [1.807, 2.05) is 48.9 Å². The highest BCUT2D eigenvalue weighted by Crippen LogP contribution is 2.19. The van der Waals surface area contributed by atoms with E-state index < -0.39 is 11.9 Å². The molecule has 0 atom stereocenters. The Hall–Kier alpha value is -3.92. The molecule has 158 valence electrons. The number of aromatic nitrogens is 2. The summed E-state index contributed by atoms with van der Waals surface area (Å²) in [6.45, 7) is 3.55. The van der Waals surface area contributed by atoms with Gasteiger partial charge in [-0.1, -0.05) is 30.3 Å². The number of ether oxygens (including phenoxy) is 1. The second-order valence-electron chi connectivity index (χ2n) is 7.14. The van der Waals surface area contributed by atoms with E-state index in [-0.39, 0.29) is 13.0 Å². The highest BCUT2D eigenvalue weighted by molar-refractivity contribution is 5.92. The maximum Gasteiger partial charge on any atom is 0.306 e. The highest BCUT2D eigenvalue weighted by Gasteiger charge is 2.15. The molecule has 0 saturated carbocycles. The molecule has 31 heavy (non-hydrogen) atoms. The number of hydrogen-bond donors (Lipinski definition) is 1. The van der Waals surface area contributed by atoms with Crippen LogP contribution < -0.4 is 5.32 Å². The summed E-state index contributed by atoms with van der Waals surface area (Å²) in [6.07, 6.45) is 0.971. The van der Waals surface area contributed by atoms with Gasteiger partial charge in [0.25, 0.3) is 5.91 Å². The molecule has 1 N–H and O–H groups in total. The van der Waals surface area contributed by atoms with Gasteiger partial charge in [0, 0.05) is 17.8 Å². The summed E-state index contributed by atoms with van der Waals surface area (Å²) in [6, 6.07) is 18.8. The topological polar surface area (TPSA) is 97.0 Å². The van der Waals surface area contributed by atoms with E-state index in [1.165, 1.54) is 0 Å². The predicted molar refractivity (Wildman–Crippen MR) is 117 cm³/mol. The number of nitriles is 1. The van der Waals surface area contributed by atoms with Crippen molar-refractivity contribution in [3.05, 3.63) is 77.1 Å². The Morgan fingerprint density at radius 3 is 2.48 bits per heavy atom. The van der Waals surface area contributed by atoms with Gasteiger partial charge in [-0.25, -0.2) is 4.68 Å². The molecule has 0 aliphatic carbocycles. The molecule has 3 aromatic rings. The maximum absolute atomic E-state index is 12.1. The Balaban J connectivity index is 1.49. The van der Waals surface area contributed by atoms with Crippen LogP contribution in [0, 0.1) is 25.2 Å². The van der Waals surface area contributed by atoms with Gasteiger partial charge in [0.05, 0.1) is 23.9 Å². The standard InChI is InChI=1S/C24H24N4O3/c1-17-22(18(2)28(27-17)21-6-4-3-5-7-21)12-13-24(30)31-16-23(29)26-20-10-8-19(9-11-20)14-15-25/h3-11H,12-14,16H2,1-2H3,(H,26,29). The minimum absolute atomic E-state index is 0.165. The van der Waals surface area contributed by atoms with Crippen molar-refractivity contribution in [1.29, 1.82) is 5.26 Å². The third kappa shape index (κ3) is 5.80. The van der Waals surface area contributed by atoms with Crippen molar-refractivity contribution in [2.24, 2.45) is 0 Å². The Labute approximate surface area is 181 Å². The van der Waals surface area contributed by atoms with Gasteiger partial charge in [-0.2, -0.15) is 10.4 Å². The van der Waals surface area contributed by atoms with Gasteiger partial charge in [-0.15, -0.1) is 0 Å². The fraction of sp³-hybridized carbons (Fsp3) is 0.250. The molecule has 2 aromatic carbocycles. The molecule has 1 amide bonds. The third-order valence-electron chi connectivity index (χ3n) is 4.91. The number of nitrogens with zero attached hydrogens (tertiary/aromatic N) is 3. The largest absolute Gasteiger partial charge is 0.456 e. The molecule has 0 aliphatic heterocycles. The quantitative estimate of drug-likeness (QED) is 0.565. The average Bonchev–Trinajstić information content (AvgIpc) is 3.06. The van der Waals surface area contributed by atoms with Crippen LogP contribution in [0.1, 0.15) is 28.9 Å². The molecule has 3 rings (SSSR count). The van der Waals surface area contributed by atoms with Crippen LogP contribution in [-0.2, 0) is 27.2 Å². The second-order valence-corrected chi connectivity index (χ2v) is 7.14. The summed E-state index contributed by atoms with van der Waals surface area (Å²) < 4.78 is 6.98. The number of aryl methyl sites for hydroxylation is 1. The highest BCUT2D eigenvalue weighted by atomic mass is 16.5. The molecule has 0 aliphatic rings. The first-order valence-corrected chi connectivity index (χ1v) is 10.00. The van der Waals surface area contributed by atoms with Crippen molar-refractivity contribution < 1.29 is 14.3 Å². The predicted octanol–water partition coefficient (Wildman–Crippen LogP) is 3.67. The summed E-state index contributed by atoms with van der Waals surface area (Å²) >= 11 is 0. The monoisotopic (exact) mass is 416 g/mol. The molecule has 0 saturated heterocycles. The normalized spacial score (nSPS) is 10.4. The van der Waals surface area contributed by atoms with Crippen molar-refractivity contribution in [2.75, 3.05) is 11.9 Å². The van der Waals surface area contributed by atoms with Crippen LogP contribution in [-0.4, -0.2) is 28.3 Å².